The Balaban J connectivity index is 2.76. The number of carbonyl (C=O) groups excluding carboxylic acids is 2. The van der Waals surface area contributed by atoms with Gasteiger partial charge in [-0.25, -0.2) is 0 Å². The molecule has 0 unspecified atom stereocenters. The van der Waals surface area contributed by atoms with Crippen LogP contribution in [0.25, 0.3) is 6.08 Å². The molecule has 0 aliphatic rings. The average Bonchev–Trinajstić information content (AvgIpc) is 2.60. The summed E-state index contributed by atoms with van der Waals surface area (Å²) in [6, 6.07) is 5.35. The molecule has 6 nitrogen and oxygen atoms in total. The van der Waals surface area contributed by atoms with E-state index in [4.69, 9.17) is 9.47 Å². The molecule has 132 valence electrons. The first-order chi connectivity index (χ1) is 11.5. The number of likely N-dealkylation sites (N-methyl/N-ethyl adjacent to an activating group) is 2. The highest BCUT2D eigenvalue weighted by atomic mass is 16.5. The smallest absolute Gasteiger partial charge is 0.246 e. The summed E-state index contributed by atoms with van der Waals surface area (Å²) in [7, 11) is 4.75. The summed E-state index contributed by atoms with van der Waals surface area (Å²) >= 11 is 0. The Bertz CT molecular complexity index is 595. The molecule has 0 atom stereocenters. The van der Waals surface area contributed by atoms with Gasteiger partial charge in [0.15, 0.2) is 0 Å². The Morgan fingerprint density at radius 2 is 1.79 bits per heavy atom. The van der Waals surface area contributed by atoms with E-state index in [-0.39, 0.29) is 18.4 Å². The third-order valence-corrected chi connectivity index (χ3v) is 3.71. The van der Waals surface area contributed by atoms with Gasteiger partial charge in [0.1, 0.15) is 11.5 Å². The van der Waals surface area contributed by atoms with Gasteiger partial charge in [0.05, 0.1) is 20.8 Å². The van der Waals surface area contributed by atoms with Crippen molar-refractivity contribution in [3.05, 3.63) is 29.8 Å². The lowest BCUT2D eigenvalue weighted by Crippen LogP contribution is -2.40. The van der Waals surface area contributed by atoms with Crippen LogP contribution in [-0.4, -0.2) is 62.5 Å². The van der Waals surface area contributed by atoms with Crippen molar-refractivity contribution < 1.29 is 19.1 Å². The van der Waals surface area contributed by atoms with Crippen molar-refractivity contribution in [2.75, 3.05) is 40.9 Å². The van der Waals surface area contributed by atoms with Crippen molar-refractivity contribution in [3.63, 3.8) is 0 Å². The SMILES string of the molecule is CCN(CC)C(=O)CN(C)C(=O)/C=C/c1ccc(OC)cc1OC. The number of hydrogen-bond acceptors (Lipinski definition) is 4. The summed E-state index contributed by atoms with van der Waals surface area (Å²) in [4.78, 5) is 27.3. The van der Waals surface area contributed by atoms with Crippen LogP contribution in [0.1, 0.15) is 19.4 Å². The number of benzene rings is 1. The molecule has 0 heterocycles. The summed E-state index contributed by atoms with van der Waals surface area (Å²) in [5.41, 5.74) is 0.759. The quantitative estimate of drug-likeness (QED) is 0.683. The molecular weight excluding hydrogens is 308 g/mol. The van der Waals surface area contributed by atoms with E-state index in [1.54, 1.807) is 44.4 Å². The molecule has 1 aromatic carbocycles. The van der Waals surface area contributed by atoms with Crippen LogP contribution in [0.2, 0.25) is 0 Å². The lowest BCUT2D eigenvalue weighted by atomic mass is 10.1. The van der Waals surface area contributed by atoms with Gasteiger partial charge in [0.2, 0.25) is 11.8 Å². The lowest BCUT2D eigenvalue weighted by molar-refractivity contribution is -0.136. The van der Waals surface area contributed by atoms with Crippen molar-refractivity contribution >= 4 is 17.9 Å². The third kappa shape index (κ3) is 5.30. The third-order valence-electron chi connectivity index (χ3n) is 3.71. The molecule has 0 aliphatic heterocycles. The first-order valence-corrected chi connectivity index (χ1v) is 7.89. The Morgan fingerprint density at radius 3 is 2.33 bits per heavy atom. The maximum Gasteiger partial charge on any atom is 0.246 e. The summed E-state index contributed by atoms with van der Waals surface area (Å²) in [5, 5.41) is 0. The van der Waals surface area contributed by atoms with Crippen molar-refractivity contribution in [3.8, 4) is 11.5 Å². The van der Waals surface area contributed by atoms with E-state index in [0.29, 0.717) is 24.6 Å². The summed E-state index contributed by atoms with van der Waals surface area (Å²) in [5.74, 6) is 0.984. The second-order valence-corrected chi connectivity index (χ2v) is 5.20. The molecule has 0 bridgehead atoms. The number of nitrogens with zero attached hydrogens (tertiary/aromatic N) is 2. The zero-order valence-corrected chi connectivity index (χ0v) is 15.0. The van der Waals surface area contributed by atoms with Crippen LogP contribution in [0.3, 0.4) is 0 Å². The molecular formula is C18H26N2O4. The van der Waals surface area contributed by atoms with Crippen molar-refractivity contribution in [1.29, 1.82) is 0 Å². The minimum atomic E-state index is -0.242. The van der Waals surface area contributed by atoms with Crippen LogP contribution in [0.4, 0.5) is 0 Å². The molecule has 1 aromatic rings. The fourth-order valence-electron chi connectivity index (χ4n) is 2.20. The van der Waals surface area contributed by atoms with Gasteiger partial charge < -0.3 is 19.3 Å². The normalized spacial score (nSPS) is 10.5. The molecule has 0 fully saturated rings. The molecule has 6 heteroatoms. The van der Waals surface area contributed by atoms with Gasteiger partial charge in [-0.2, -0.15) is 0 Å². The molecule has 0 aromatic heterocycles. The highest BCUT2D eigenvalue weighted by Crippen LogP contribution is 2.25. The Morgan fingerprint density at radius 1 is 1.12 bits per heavy atom. The number of hydrogen-bond donors (Lipinski definition) is 0. The van der Waals surface area contributed by atoms with Gasteiger partial charge in [0.25, 0.3) is 0 Å². The van der Waals surface area contributed by atoms with Crippen LogP contribution in [-0.2, 0) is 9.59 Å². The largest absolute Gasteiger partial charge is 0.497 e. The second-order valence-electron chi connectivity index (χ2n) is 5.20. The Labute approximate surface area is 143 Å². The van der Waals surface area contributed by atoms with Gasteiger partial charge in [0, 0.05) is 37.8 Å². The van der Waals surface area contributed by atoms with Crippen molar-refractivity contribution in [2.45, 2.75) is 13.8 Å². The van der Waals surface area contributed by atoms with Crippen molar-refractivity contribution in [2.24, 2.45) is 0 Å². The molecule has 0 aliphatic carbocycles. The molecule has 0 spiro atoms. The van der Waals surface area contributed by atoms with Gasteiger partial charge in [-0.3, -0.25) is 9.59 Å². The number of amides is 2. The predicted octanol–water partition coefficient (Wildman–Crippen LogP) is 2.04. The number of ether oxygens (including phenoxy) is 2. The predicted molar refractivity (Wildman–Crippen MR) is 94.1 cm³/mol. The van der Waals surface area contributed by atoms with Crippen molar-refractivity contribution in [1.82, 2.24) is 9.80 Å². The highest BCUT2D eigenvalue weighted by Gasteiger charge is 2.15. The zero-order valence-electron chi connectivity index (χ0n) is 15.0. The topological polar surface area (TPSA) is 59.1 Å². The fraction of sp³-hybridized carbons (Fsp3) is 0.444. The fourth-order valence-corrected chi connectivity index (χ4v) is 2.20. The first kappa shape index (κ1) is 19.5. The van der Waals surface area contributed by atoms with Crippen LogP contribution >= 0.6 is 0 Å². The molecule has 2 amide bonds. The minimum absolute atomic E-state index is 0.0601. The van der Waals surface area contributed by atoms with Crippen LogP contribution < -0.4 is 9.47 Å². The van der Waals surface area contributed by atoms with Crippen LogP contribution in [0.15, 0.2) is 24.3 Å². The van der Waals surface area contributed by atoms with Gasteiger partial charge in [-0.15, -0.1) is 0 Å². The summed E-state index contributed by atoms with van der Waals surface area (Å²) < 4.78 is 10.4. The summed E-state index contributed by atoms with van der Waals surface area (Å²) in [6.07, 6.45) is 3.10. The highest BCUT2D eigenvalue weighted by molar-refractivity contribution is 5.94. The molecule has 24 heavy (non-hydrogen) atoms. The summed E-state index contributed by atoms with van der Waals surface area (Å²) in [6.45, 7) is 5.16. The van der Waals surface area contributed by atoms with Crippen LogP contribution in [0, 0.1) is 0 Å². The van der Waals surface area contributed by atoms with E-state index in [0.717, 1.165) is 5.56 Å². The minimum Gasteiger partial charge on any atom is -0.497 e. The Kier molecular flexibility index (Phi) is 7.82. The van der Waals surface area contributed by atoms with E-state index in [9.17, 15) is 9.59 Å². The Hall–Kier alpha value is -2.50. The molecule has 0 saturated carbocycles. The zero-order chi connectivity index (χ0) is 18.1. The standard InChI is InChI=1S/C18H26N2O4/c1-6-20(7-2)18(22)13-19(3)17(21)11-9-14-8-10-15(23-4)12-16(14)24-5/h8-12H,6-7,13H2,1-5H3/b11-9+. The van der Waals surface area contributed by atoms with Crippen LogP contribution in [0.5, 0.6) is 11.5 Å². The average molecular weight is 334 g/mol. The number of carbonyl (C=O) groups is 2. The lowest BCUT2D eigenvalue weighted by Gasteiger charge is -2.22. The first-order valence-electron chi connectivity index (χ1n) is 7.89. The van der Waals surface area contributed by atoms with Gasteiger partial charge in [-0.05, 0) is 32.1 Å². The van der Waals surface area contributed by atoms with E-state index < -0.39 is 0 Å². The van der Waals surface area contributed by atoms with E-state index in [1.165, 1.54) is 11.0 Å². The monoisotopic (exact) mass is 334 g/mol. The van der Waals surface area contributed by atoms with E-state index >= 15 is 0 Å². The van der Waals surface area contributed by atoms with Gasteiger partial charge in [-0.1, -0.05) is 0 Å². The number of methoxy groups -OCH3 is 2. The molecule has 0 saturated heterocycles. The molecule has 0 N–H and O–H groups in total. The maximum absolute atomic E-state index is 12.2. The number of rotatable bonds is 8. The van der Waals surface area contributed by atoms with E-state index in [1.807, 2.05) is 19.9 Å². The molecule has 0 radical (unpaired) electrons. The van der Waals surface area contributed by atoms with Gasteiger partial charge >= 0.3 is 0 Å². The molecule has 1 rings (SSSR count). The second kappa shape index (κ2) is 9.60. The maximum atomic E-state index is 12.2. The van der Waals surface area contributed by atoms with E-state index in [2.05, 4.69) is 0 Å².